The lowest BCUT2D eigenvalue weighted by molar-refractivity contribution is -0.145. The number of aryl methyl sites for hydroxylation is 2. The molecule has 4 aromatic rings. The van der Waals surface area contributed by atoms with E-state index >= 15 is 4.39 Å². The Kier molecular flexibility index (Phi) is 7.03. The highest BCUT2D eigenvalue weighted by Crippen LogP contribution is 2.38. The van der Waals surface area contributed by atoms with E-state index in [1.165, 1.54) is 23.3 Å². The third-order valence-electron chi connectivity index (χ3n) is 7.54. The van der Waals surface area contributed by atoms with Crippen LogP contribution in [0.5, 0.6) is 0 Å². The van der Waals surface area contributed by atoms with Gasteiger partial charge in [-0.05, 0) is 79.1 Å². The van der Waals surface area contributed by atoms with E-state index in [4.69, 9.17) is 9.63 Å². The average molecular weight is 538 g/mol. The molecule has 1 aromatic heterocycles. The summed E-state index contributed by atoms with van der Waals surface area (Å²) >= 11 is 0. The minimum Gasteiger partial charge on any atom is -0.481 e. The van der Waals surface area contributed by atoms with Crippen LogP contribution >= 0.6 is 12.4 Å². The molecule has 1 atom stereocenters. The lowest BCUT2D eigenvalue weighted by atomic mass is 9.80. The highest BCUT2D eigenvalue weighted by atomic mass is 35.5. The van der Waals surface area contributed by atoms with Crippen LogP contribution in [0, 0.1) is 24.5 Å². The summed E-state index contributed by atoms with van der Waals surface area (Å²) in [6, 6.07) is 15.6. The summed E-state index contributed by atoms with van der Waals surface area (Å²) in [6.45, 7) is 1.79. The first-order valence-electron chi connectivity index (χ1n) is 12.4. The second kappa shape index (κ2) is 10.3. The number of aromatic nitrogens is 2. The third kappa shape index (κ3) is 4.70. The molecular formula is C29H26ClF2N3O3. The van der Waals surface area contributed by atoms with Gasteiger partial charge in [-0.3, -0.25) is 4.79 Å². The Balaban J connectivity index is 0.00000294. The number of rotatable bonds is 6. The summed E-state index contributed by atoms with van der Waals surface area (Å²) in [5.74, 6) is -1.50. The van der Waals surface area contributed by atoms with Crippen LogP contribution in [0.4, 0.5) is 8.78 Å². The second-order valence-corrected chi connectivity index (χ2v) is 9.92. The number of benzene rings is 3. The van der Waals surface area contributed by atoms with E-state index in [0.29, 0.717) is 35.4 Å². The fourth-order valence-electron chi connectivity index (χ4n) is 5.44. The maximum atomic E-state index is 15.1. The molecule has 0 spiro atoms. The summed E-state index contributed by atoms with van der Waals surface area (Å²) in [6.07, 6.45) is 3.18. The Morgan fingerprint density at radius 3 is 2.58 bits per heavy atom. The molecule has 2 N–H and O–H groups in total. The van der Waals surface area contributed by atoms with Gasteiger partial charge in [0.25, 0.3) is 5.89 Å². The van der Waals surface area contributed by atoms with Crippen LogP contribution in [0.2, 0.25) is 0 Å². The van der Waals surface area contributed by atoms with Crippen molar-refractivity contribution >= 4 is 18.4 Å². The van der Waals surface area contributed by atoms with Crippen molar-refractivity contribution in [3.8, 4) is 34.0 Å². The minimum absolute atomic E-state index is 0. The number of hydrogen-bond acceptors (Lipinski definition) is 5. The van der Waals surface area contributed by atoms with E-state index in [9.17, 15) is 9.18 Å². The van der Waals surface area contributed by atoms with E-state index in [2.05, 4.69) is 15.5 Å². The predicted octanol–water partition coefficient (Wildman–Crippen LogP) is 6.52. The smallest absolute Gasteiger partial charge is 0.306 e. The van der Waals surface area contributed by atoms with Gasteiger partial charge in [-0.25, -0.2) is 8.78 Å². The first-order chi connectivity index (χ1) is 17.9. The molecule has 1 fully saturated rings. The van der Waals surface area contributed by atoms with Crippen molar-refractivity contribution in [2.24, 2.45) is 5.92 Å². The van der Waals surface area contributed by atoms with Gasteiger partial charge in [-0.1, -0.05) is 35.5 Å². The highest BCUT2D eigenvalue weighted by Gasteiger charge is 2.36. The van der Waals surface area contributed by atoms with Gasteiger partial charge in [-0.15, -0.1) is 12.4 Å². The Bertz CT molecular complexity index is 1520. The normalized spacial score (nSPS) is 19.9. The van der Waals surface area contributed by atoms with Gasteiger partial charge >= 0.3 is 5.97 Å². The van der Waals surface area contributed by atoms with Crippen molar-refractivity contribution < 1.29 is 23.2 Å². The Hall–Kier alpha value is -3.62. The van der Waals surface area contributed by atoms with E-state index < -0.39 is 17.6 Å². The van der Waals surface area contributed by atoms with Crippen molar-refractivity contribution in [1.29, 1.82) is 0 Å². The maximum absolute atomic E-state index is 15.1. The quantitative estimate of drug-likeness (QED) is 0.291. The van der Waals surface area contributed by atoms with Gasteiger partial charge < -0.3 is 14.9 Å². The summed E-state index contributed by atoms with van der Waals surface area (Å²) in [7, 11) is 0. The molecule has 1 unspecified atom stereocenters. The number of carboxylic acid groups (broad SMARTS) is 1. The number of hydrogen-bond donors (Lipinski definition) is 2. The number of nitrogens with zero attached hydrogens (tertiary/aromatic N) is 2. The molecule has 0 bridgehead atoms. The summed E-state index contributed by atoms with van der Waals surface area (Å²) in [5.41, 5.74) is 4.84. The van der Waals surface area contributed by atoms with Crippen molar-refractivity contribution in [2.45, 2.75) is 44.7 Å². The molecule has 0 aliphatic heterocycles. The molecule has 196 valence electrons. The van der Waals surface area contributed by atoms with Crippen LogP contribution in [-0.2, 0) is 11.2 Å². The number of fused-ring (bicyclic) bond motifs is 1. The number of aliphatic carboxylic acids is 1. The largest absolute Gasteiger partial charge is 0.481 e. The van der Waals surface area contributed by atoms with Crippen LogP contribution in [0.1, 0.15) is 42.0 Å². The Morgan fingerprint density at radius 1 is 1.03 bits per heavy atom. The molecule has 9 heteroatoms. The molecular weight excluding hydrogens is 512 g/mol. The number of nitrogens with one attached hydrogen (secondary N) is 1. The van der Waals surface area contributed by atoms with Crippen LogP contribution in [0.25, 0.3) is 34.0 Å². The third-order valence-corrected chi connectivity index (χ3v) is 7.54. The monoisotopic (exact) mass is 537 g/mol. The molecule has 3 aromatic carbocycles. The fourth-order valence-corrected chi connectivity index (χ4v) is 5.44. The molecule has 1 heterocycles. The van der Waals surface area contributed by atoms with Gasteiger partial charge in [0.15, 0.2) is 0 Å². The van der Waals surface area contributed by atoms with Crippen molar-refractivity contribution in [3.63, 3.8) is 0 Å². The second-order valence-electron chi connectivity index (χ2n) is 9.92. The SMILES string of the molecule is Cc1cc(-c2nc(-c3ccc4c(c3)CCC4NC3CC(C(=O)O)C3)no2)c(F)cc1-c1ccccc1F.Cl. The summed E-state index contributed by atoms with van der Waals surface area (Å²) < 4.78 is 34.8. The maximum Gasteiger partial charge on any atom is 0.306 e. The van der Waals surface area contributed by atoms with E-state index in [0.717, 1.165) is 18.4 Å². The van der Waals surface area contributed by atoms with E-state index in [1.807, 2.05) is 18.2 Å². The van der Waals surface area contributed by atoms with E-state index in [-0.39, 0.29) is 41.9 Å². The molecule has 1 saturated carbocycles. The van der Waals surface area contributed by atoms with Crippen molar-refractivity contribution in [2.75, 3.05) is 0 Å². The first kappa shape index (κ1) is 26.0. The zero-order chi connectivity index (χ0) is 25.7. The summed E-state index contributed by atoms with van der Waals surface area (Å²) in [5, 5.41) is 16.8. The van der Waals surface area contributed by atoms with Crippen LogP contribution in [0.3, 0.4) is 0 Å². The van der Waals surface area contributed by atoms with Crippen molar-refractivity contribution in [3.05, 3.63) is 82.9 Å². The van der Waals surface area contributed by atoms with Gasteiger partial charge in [0.2, 0.25) is 5.82 Å². The topological polar surface area (TPSA) is 88.2 Å². The van der Waals surface area contributed by atoms with Gasteiger partial charge in [0, 0.05) is 23.2 Å². The van der Waals surface area contributed by atoms with Crippen LogP contribution < -0.4 is 5.32 Å². The average Bonchev–Trinajstić information content (AvgIpc) is 3.49. The van der Waals surface area contributed by atoms with Gasteiger partial charge in [0.05, 0.1) is 11.5 Å². The fraction of sp³-hybridized carbons (Fsp3) is 0.276. The Morgan fingerprint density at radius 2 is 1.82 bits per heavy atom. The molecule has 6 rings (SSSR count). The van der Waals surface area contributed by atoms with Crippen molar-refractivity contribution in [1.82, 2.24) is 15.5 Å². The molecule has 2 aliphatic rings. The zero-order valence-corrected chi connectivity index (χ0v) is 21.4. The molecule has 0 saturated heterocycles. The zero-order valence-electron chi connectivity index (χ0n) is 20.6. The lowest BCUT2D eigenvalue weighted by Crippen LogP contribution is -2.45. The molecule has 6 nitrogen and oxygen atoms in total. The van der Waals surface area contributed by atoms with Gasteiger partial charge in [-0.2, -0.15) is 4.98 Å². The first-order valence-corrected chi connectivity index (χ1v) is 12.4. The van der Waals surface area contributed by atoms with Gasteiger partial charge in [0.1, 0.15) is 11.6 Å². The molecule has 0 radical (unpaired) electrons. The van der Waals surface area contributed by atoms with Crippen LogP contribution in [-0.4, -0.2) is 27.3 Å². The van der Waals surface area contributed by atoms with Crippen LogP contribution in [0.15, 0.2) is 59.1 Å². The molecule has 38 heavy (non-hydrogen) atoms. The summed E-state index contributed by atoms with van der Waals surface area (Å²) in [4.78, 5) is 15.5. The molecule has 0 amide bonds. The number of carboxylic acids is 1. The Labute approximate surface area is 224 Å². The predicted molar refractivity (Wildman–Crippen MR) is 141 cm³/mol. The minimum atomic E-state index is -0.718. The number of carbonyl (C=O) groups is 1. The standard InChI is InChI=1S/C29H25F2N3O3.ClH/c1-15-10-23(25(31)14-22(15)21-4-2-3-5-24(21)30)28-33-27(34-37-28)17-6-8-20-16(11-17)7-9-26(20)32-19-12-18(13-19)29(35)36;/h2-6,8,10-11,14,18-19,26,32H,7,9,12-13H2,1H3,(H,35,36);1H. The molecule has 2 aliphatic carbocycles. The van der Waals surface area contributed by atoms with E-state index in [1.54, 1.807) is 31.2 Å². The number of halogens is 3. The lowest BCUT2D eigenvalue weighted by Gasteiger charge is -2.35. The highest BCUT2D eigenvalue weighted by molar-refractivity contribution is 5.85.